The number of hydrogen-bond donors (Lipinski definition) is 1. The zero-order valence-corrected chi connectivity index (χ0v) is 9.39. The first kappa shape index (κ1) is 10.7. The summed E-state index contributed by atoms with van der Waals surface area (Å²) in [5, 5.41) is 24.4. The summed E-state index contributed by atoms with van der Waals surface area (Å²) in [5.41, 5.74) is 0.858. The largest absolute Gasteiger partial charge is 0.480 e. The van der Waals surface area contributed by atoms with Gasteiger partial charge in [0.25, 0.3) is 0 Å². The normalized spacial score (nSPS) is 12.6. The van der Waals surface area contributed by atoms with Gasteiger partial charge in [-0.2, -0.15) is 11.3 Å². The maximum Gasteiger partial charge on any atom is 0.330 e. The van der Waals surface area contributed by atoms with E-state index < -0.39 is 12.0 Å². The van der Waals surface area contributed by atoms with Crippen molar-refractivity contribution in [2.75, 3.05) is 0 Å². The fourth-order valence-corrected chi connectivity index (χ4v) is 1.94. The van der Waals surface area contributed by atoms with E-state index in [0.29, 0.717) is 12.2 Å². The third-order valence-corrected chi connectivity index (χ3v) is 2.84. The molecule has 0 saturated carbocycles. The van der Waals surface area contributed by atoms with E-state index in [1.807, 2.05) is 16.8 Å². The smallest absolute Gasteiger partial charge is 0.330 e. The van der Waals surface area contributed by atoms with Gasteiger partial charge in [-0.05, 0) is 23.1 Å². The average molecular weight is 238 g/mol. The van der Waals surface area contributed by atoms with Crippen molar-refractivity contribution >= 4 is 17.3 Å². The topological polar surface area (TPSA) is 80.9 Å². The summed E-state index contributed by atoms with van der Waals surface area (Å²) in [5.74, 6) is -0.488. The average Bonchev–Trinajstić information content (AvgIpc) is 2.86. The maximum atomic E-state index is 10.9. The Morgan fingerprint density at radius 3 is 3.06 bits per heavy atom. The standard InChI is InChI=1S/C9H10N4O2S/c1-2-7(9(14)15)13-11-8(10-12-13)6-3-4-16-5-6/h3-5,7H,2H2,1H3,(H,14,15). The van der Waals surface area contributed by atoms with Gasteiger partial charge in [0.1, 0.15) is 0 Å². The molecule has 2 rings (SSSR count). The van der Waals surface area contributed by atoms with Crippen molar-refractivity contribution < 1.29 is 9.90 Å². The van der Waals surface area contributed by atoms with Gasteiger partial charge in [0.15, 0.2) is 6.04 Å². The van der Waals surface area contributed by atoms with Crippen LogP contribution in [0.3, 0.4) is 0 Å². The van der Waals surface area contributed by atoms with E-state index in [1.54, 1.807) is 6.92 Å². The summed E-state index contributed by atoms with van der Waals surface area (Å²) in [4.78, 5) is 12.0. The first-order valence-electron chi connectivity index (χ1n) is 4.77. The number of hydrogen-bond acceptors (Lipinski definition) is 5. The Morgan fingerprint density at radius 1 is 1.69 bits per heavy atom. The molecule has 2 aromatic rings. The monoisotopic (exact) mass is 238 g/mol. The Hall–Kier alpha value is -1.76. The fourth-order valence-electron chi connectivity index (χ4n) is 1.30. The number of rotatable bonds is 4. The molecule has 1 atom stereocenters. The molecule has 84 valence electrons. The zero-order valence-electron chi connectivity index (χ0n) is 8.57. The number of carboxylic acid groups (broad SMARTS) is 1. The Morgan fingerprint density at radius 2 is 2.50 bits per heavy atom. The summed E-state index contributed by atoms with van der Waals surface area (Å²) >= 11 is 1.53. The van der Waals surface area contributed by atoms with Gasteiger partial charge >= 0.3 is 5.97 Å². The van der Waals surface area contributed by atoms with Crippen LogP contribution >= 0.6 is 11.3 Å². The van der Waals surface area contributed by atoms with Gasteiger partial charge in [0.2, 0.25) is 5.82 Å². The predicted octanol–water partition coefficient (Wildman–Crippen LogP) is 1.44. The van der Waals surface area contributed by atoms with E-state index in [-0.39, 0.29) is 0 Å². The lowest BCUT2D eigenvalue weighted by molar-refractivity contribution is -0.141. The number of carboxylic acids is 1. The first-order valence-corrected chi connectivity index (χ1v) is 5.71. The molecule has 2 aromatic heterocycles. The summed E-state index contributed by atoms with van der Waals surface area (Å²) in [7, 11) is 0. The summed E-state index contributed by atoms with van der Waals surface area (Å²) in [6, 6.07) is 1.12. The Balaban J connectivity index is 2.29. The highest BCUT2D eigenvalue weighted by Crippen LogP contribution is 2.18. The number of thiophene rings is 1. The lowest BCUT2D eigenvalue weighted by Crippen LogP contribution is -2.20. The van der Waals surface area contributed by atoms with Crippen molar-refractivity contribution in [3.63, 3.8) is 0 Å². The van der Waals surface area contributed by atoms with Crippen molar-refractivity contribution in [3.05, 3.63) is 16.8 Å². The molecule has 0 aliphatic rings. The van der Waals surface area contributed by atoms with Gasteiger partial charge < -0.3 is 5.11 Å². The van der Waals surface area contributed by atoms with E-state index in [4.69, 9.17) is 5.11 Å². The second kappa shape index (κ2) is 4.40. The Bertz CT molecular complexity index is 479. The second-order valence-corrected chi connectivity index (χ2v) is 3.99. The van der Waals surface area contributed by atoms with Gasteiger partial charge in [-0.15, -0.1) is 15.0 Å². The van der Waals surface area contributed by atoms with E-state index >= 15 is 0 Å². The number of nitrogens with zero attached hydrogens (tertiary/aromatic N) is 4. The number of carbonyl (C=O) groups is 1. The van der Waals surface area contributed by atoms with Crippen LogP contribution < -0.4 is 0 Å². The van der Waals surface area contributed by atoms with Gasteiger partial charge in [-0.1, -0.05) is 6.92 Å². The van der Waals surface area contributed by atoms with Crippen molar-refractivity contribution in [2.45, 2.75) is 19.4 Å². The molecule has 1 N–H and O–H groups in total. The highest BCUT2D eigenvalue weighted by Gasteiger charge is 2.20. The molecule has 1 unspecified atom stereocenters. The molecule has 6 nitrogen and oxygen atoms in total. The third-order valence-electron chi connectivity index (χ3n) is 2.16. The van der Waals surface area contributed by atoms with Crippen LogP contribution in [0.5, 0.6) is 0 Å². The van der Waals surface area contributed by atoms with Crippen LogP contribution in [-0.4, -0.2) is 31.3 Å². The summed E-state index contributed by atoms with van der Waals surface area (Å²) in [6.07, 6.45) is 0.425. The highest BCUT2D eigenvalue weighted by molar-refractivity contribution is 7.08. The minimum atomic E-state index is -0.947. The Labute approximate surface area is 95.5 Å². The molecule has 0 bridgehead atoms. The third kappa shape index (κ3) is 1.94. The predicted molar refractivity (Wildman–Crippen MR) is 58.1 cm³/mol. The van der Waals surface area contributed by atoms with Crippen LogP contribution in [0.4, 0.5) is 0 Å². The molecule has 0 aliphatic carbocycles. The number of aromatic nitrogens is 4. The molecular weight excluding hydrogens is 228 g/mol. The van der Waals surface area contributed by atoms with Gasteiger partial charge in [-0.3, -0.25) is 0 Å². The molecule has 0 spiro atoms. The van der Waals surface area contributed by atoms with Crippen LogP contribution in [-0.2, 0) is 4.79 Å². The van der Waals surface area contributed by atoms with Gasteiger partial charge in [-0.25, -0.2) is 4.79 Å². The number of tetrazole rings is 1. The fraction of sp³-hybridized carbons (Fsp3) is 0.333. The summed E-state index contributed by atoms with van der Waals surface area (Å²) < 4.78 is 0. The molecule has 0 aromatic carbocycles. The van der Waals surface area contributed by atoms with Crippen LogP contribution in [0.1, 0.15) is 19.4 Å². The quantitative estimate of drug-likeness (QED) is 0.871. The summed E-state index contributed by atoms with van der Waals surface area (Å²) in [6.45, 7) is 1.77. The van der Waals surface area contributed by atoms with Crippen LogP contribution in [0.15, 0.2) is 16.8 Å². The van der Waals surface area contributed by atoms with E-state index in [1.165, 1.54) is 11.3 Å². The molecule has 0 radical (unpaired) electrons. The molecule has 0 fully saturated rings. The van der Waals surface area contributed by atoms with Crippen molar-refractivity contribution in [3.8, 4) is 11.4 Å². The minimum absolute atomic E-state index is 0.425. The first-order chi connectivity index (χ1) is 7.72. The molecule has 0 amide bonds. The SMILES string of the molecule is CCC(C(=O)O)n1nnc(-c2ccsc2)n1. The maximum absolute atomic E-state index is 10.9. The molecule has 7 heteroatoms. The van der Waals surface area contributed by atoms with E-state index in [9.17, 15) is 4.79 Å². The lowest BCUT2D eigenvalue weighted by Gasteiger charge is -2.05. The number of aliphatic carboxylic acids is 1. The van der Waals surface area contributed by atoms with Crippen LogP contribution in [0, 0.1) is 0 Å². The van der Waals surface area contributed by atoms with Crippen LogP contribution in [0.2, 0.25) is 0 Å². The molecule has 2 heterocycles. The Kier molecular flexibility index (Phi) is 2.95. The molecular formula is C9H10N4O2S. The van der Waals surface area contributed by atoms with Crippen LogP contribution in [0.25, 0.3) is 11.4 Å². The molecule has 0 aliphatic heterocycles. The lowest BCUT2D eigenvalue weighted by atomic mass is 10.2. The van der Waals surface area contributed by atoms with E-state index in [2.05, 4.69) is 15.4 Å². The zero-order chi connectivity index (χ0) is 11.5. The van der Waals surface area contributed by atoms with Crippen molar-refractivity contribution in [1.82, 2.24) is 20.2 Å². The molecule has 0 saturated heterocycles. The molecule has 16 heavy (non-hydrogen) atoms. The van der Waals surface area contributed by atoms with E-state index in [0.717, 1.165) is 10.4 Å². The highest BCUT2D eigenvalue weighted by atomic mass is 32.1. The second-order valence-electron chi connectivity index (χ2n) is 3.21. The van der Waals surface area contributed by atoms with Crippen molar-refractivity contribution in [1.29, 1.82) is 0 Å². The minimum Gasteiger partial charge on any atom is -0.480 e. The van der Waals surface area contributed by atoms with Crippen molar-refractivity contribution in [2.24, 2.45) is 0 Å². The van der Waals surface area contributed by atoms with Gasteiger partial charge in [0, 0.05) is 10.9 Å². The van der Waals surface area contributed by atoms with Gasteiger partial charge in [0.05, 0.1) is 0 Å².